The van der Waals surface area contributed by atoms with Crippen molar-refractivity contribution in [3.63, 3.8) is 0 Å². The van der Waals surface area contributed by atoms with Gasteiger partial charge in [-0.15, -0.1) is 0 Å². The molecule has 0 bridgehead atoms. The van der Waals surface area contributed by atoms with Gasteiger partial charge in [-0.05, 0) is 45.7 Å². The molecule has 0 spiro atoms. The first-order valence-electron chi connectivity index (χ1n) is 10.8. The van der Waals surface area contributed by atoms with Crippen molar-refractivity contribution in [1.82, 2.24) is 9.80 Å². The second-order valence-electron chi connectivity index (χ2n) is 9.29. The van der Waals surface area contributed by atoms with Crippen LogP contribution in [-0.4, -0.2) is 82.1 Å². The van der Waals surface area contributed by atoms with Crippen molar-refractivity contribution in [1.29, 1.82) is 0 Å². The van der Waals surface area contributed by atoms with Gasteiger partial charge in [0, 0.05) is 45.3 Å². The third-order valence-corrected chi connectivity index (χ3v) is 6.04. The van der Waals surface area contributed by atoms with Gasteiger partial charge in [-0.2, -0.15) is 0 Å². The topological polar surface area (TPSA) is 110 Å². The molecule has 3 N–H and O–H groups in total. The summed E-state index contributed by atoms with van der Waals surface area (Å²) in [5.41, 5.74) is 0.344. The number of anilines is 1. The highest BCUT2D eigenvalue weighted by Crippen LogP contribution is 2.46. The predicted octanol–water partition coefficient (Wildman–Crippen LogP) is 3.07. The van der Waals surface area contributed by atoms with Gasteiger partial charge in [-0.3, -0.25) is 4.90 Å². The van der Waals surface area contributed by atoms with Crippen LogP contribution in [0.15, 0.2) is 16.5 Å². The number of fused-ring (bicyclic) bond motifs is 1. The first-order valence-corrected chi connectivity index (χ1v) is 10.8. The summed E-state index contributed by atoms with van der Waals surface area (Å²) in [5.74, 6) is -1.05. The summed E-state index contributed by atoms with van der Waals surface area (Å²) >= 11 is 0. The number of rotatable bonds is 2. The molecule has 0 aliphatic carbocycles. The number of furan rings is 1. The molecule has 170 valence electrons. The molecule has 31 heavy (non-hydrogen) atoms. The number of ether oxygens (including phenoxy) is 1. The lowest BCUT2D eigenvalue weighted by molar-refractivity contribution is 0.00902. The predicted molar refractivity (Wildman–Crippen MR) is 116 cm³/mol. The number of phenols is 1. The van der Waals surface area contributed by atoms with Crippen LogP contribution in [0.4, 0.5) is 10.5 Å². The molecular formula is C22H31N3O6. The number of amides is 1. The van der Waals surface area contributed by atoms with Crippen LogP contribution in [0.1, 0.15) is 33.6 Å². The Bertz CT molecular complexity index is 950. The van der Waals surface area contributed by atoms with Gasteiger partial charge in [-0.1, -0.05) is 0 Å². The summed E-state index contributed by atoms with van der Waals surface area (Å²) in [4.78, 5) is 18.6. The van der Waals surface area contributed by atoms with Gasteiger partial charge in [0.25, 0.3) is 0 Å². The van der Waals surface area contributed by atoms with Gasteiger partial charge < -0.3 is 34.3 Å². The van der Waals surface area contributed by atoms with Crippen LogP contribution in [-0.2, 0) is 4.74 Å². The quantitative estimate of drug-likeness (QED) is 0.663. The van der Waals surface area contributed by atoms with E-state index in [0.29, 0.717) is 24.5 Å². The van der Waals surface area contributed by atoms with E-state index < -0.39 is 11.5 Å². The monoisotopic (exact) mass is 433 g/mol. The third-order valence-electron chi connectivity index (χ3n) is 6.04. The Kier molecular flexibility index (Phi) is 5.55. The van der Waals surface area contributed by atoms with Crippen LogP contribution in [0.5, 0.6) is 17.4 Å². The van der Waals surface area contributed by atoms with Crippen molar-refractivity contribution < 1.29 is 29.3 Å². The fraction of sp³-hybridized carbons (Fsp3) is 0.591. The van der Waals surface area contributed by atoms with Crippen molar-refractivity contribution in [2.24, 2.45) is 0 Å². The summed E-state index contributed by atoms with van der Waals surface area (Å²) in [5, 5.41) is 30.3. The van der Waals surface area contributed by atoms with Crippen molar-refractivity contribution in [3.8, 4) is 17.4 Å². The Morgan fingerprint density at radius 3 is 2.29 bits per heavy atom. The molecule has 2 aliphatic rings. The molecular weight excluding hydrogens is 402 g/mol. The Morgan fingerprint density at radius 1 is 1.03 bits per heavy atom. The fourth-order valence-electron chi connectivity index (χ4n) is 4.48. The molecule has 0 unspecified atom stereocenters. The molecule has 3 heterocycles. The molecule has 1 aromatic carbocycles. The number of hydrogen-bond donors (Lipinski definition) is 3. The van der Waals surface area contributed by atoms with Crippen LogP contribution >= 0.6 is 0 Å². The maximum absolute atomic E-state index is 12.3. The van der Waals surface area contributed by atoms with E-state index in [1.54, 1.807) is 11.0 Å². The molecule has 9 heteroatoms. The van der Waals surface area contributed by atoms with E-state index >= 15 is 0 Å². The lowest BCUT2D eigenvalue weighted by Crippen LogP contribution is -2.55. The van der Waals surface area contributed by atoms with Crippen molar-refractivity contribution in [2.75, 3.05) is 44.2 Å². The zero-order chi connectivity index (χ0) is 22.3. The van der Waals surface area contributed by atoms with E-state index in [-0.39, 0.29) is 23.2 Å². The number of phenolic OH excluding ortho intramolecular Hbond substituents is 1. The average molecular weight is 434 g/mol. The fourth-order valence-corrected chi connectivity index (χ4v) is 4.48. The van der Waals surface area contributed by atoms with Crippen molar-refractivity contribution >= 4 is 22.7 Å². The highest BCUT2D eigenvalue weighted by Gasteiger charge is 2.32. The van der Waals surface area contributed by atoms with Gasteiger partial charge in [0.05, 0.1) is 11.1 Å². The largest absolute Gasteiger partial charge is 0.504 e. The Morgan fingerprint density at radius 2 is 1.68 bits per heavy atom. The number of hydrogen-bond acceptors (Lipinski definition) is 8. The molecule has 2 aliphatic heterocycles. The minimum Gasteiger partial charge on any atom is -0.504 e. The molecule has 9 nitrogen and oxygen atoms in total. The highest BCUT2D eigenvalue weighted by molar-refractivity contribution is 6.00. The van der Waals surface area contributed by atoms with E-state index in [1.807, 2.05) is 20.8 Å². The average Bonchev–Trinajstić information content (AvgIpc) is 3.03. The number of benzene rings is 1. The van der Waals surface area contributed by atoms with Crippen LogP contribution in [0, 0.1) is 0 Å². The molecule has 0 radical (unpaired) electrons. The number of nitrogens with zero attached hydrogens (tertiary/aromatic N) is 3. The van der Waals surface area contributed by atoms with E-state index in [2.05, 4.69) is 9.80 Å². The summed E-state index contributed by atoms with van der Waals surface area (Å²) < 4.78 is 10.6. The van der Waals surface area contributed by atoms with Crippen molar-refractivity contribution in [2.45, 2.75) is 45.3 Å². The first-order chi connectivity index (χ1) is 14.6. The third kappa shape index (κ3) is 4.32. The van der Waals surface area contributed by atoms with Crippen LogP contribution in [0.3, 0.4) is 0 Å². The van der Waals surface area contributed by atoms with Crippen LogP contribution < -0.4 is 4.90 Å². The molecule has 0 atom stereocenters. The molecule has 0 saturated carbocycles. The second kappa shape index (κ2) is 8.03. The SMILES string of the molecule is CC(C)(C)OC(=O)N1CCN(C2CCN(c3ccc(O)c4oc(O)c(O)c34)CC2)CC1. The maximum atomic E-state index is 12.3. The van der Waals surface area contributed by atoms with Gasteiger partial charge in [0.2, 0.25) is 5.75 Å². The zero-order valence-electron chi connectivity index (χ0n) is 18.3. The number of aromatic hydroxyl groups is 3. The number of piperidine rings is 1. The number of piperazine rings is 1. The Labute approximate surface area is 181 Å². The zero-order valence-corrected chi connectivity index (χ0v) is 18.3. The molecule has 1 aromatic heterocycles. The molecule has 1 amide bonds. The summed E-state index contributed by atoms with van der Waals surface area (Å²) in [6.45, 7) is 10.2. The molecule has 2 saturated heterocycles. The van der Waals surface area contributed by atoms with Gasteiger partial charge >= 0.3 is 12.0 Å². The Balaban J connectivity index is 1.36. The number of carbonyl (C=O) groups excluding carboxylic acids is 1. The smallest absolute Gasteiger partial charge is 0.410 e. The highest BCUT2D eigenvalue weighted by atomic mass is 16.6. The standard InChI is InChI=1S/C22H31N3O6/c1-22(2,3)31-21(29)25-12-10-23(11-13-25)14-6-8-24(9-7-14)15-4-5-16(26)19-17(15)18(27)20(28)30-19/h4-5,14,26-28H,6-13H2,1-3H3. The van der Waals surface area contributed by atoms with E-state index in [9.17, 15) is 20.1 Å². The van der Waals surface area contributed by atoms with Crippen LogP contribution in [0.25, 0.3) is 11.0 Å². The van der Waals surface area contributed by atoms with E-state index in [0.717, 1.165) is 44.7 Å². The summed E-state index contributed by atoms with van der Waals surface area (Å²) in [7, 11) is 0. The summed E-state index contributed by atoms with van der Waals surface area (Å²) in [6.07, 6.45) is 1.64. The minimum absolute atomic E-state index is 0.0906. The van der Waals surface area contributed by atoms with E-state index in [4.69, 9.17) is 9.15 Å². The van der Waals surface area contributed by atoms with Gasteiger partial charge in [0.1, 0.15) is 5.60 Å². The number of carbonyl (C=O) groups is 1. The lowest BCUT2D eigenvalue weighted by atomic mass is 10.0. The van der Waals surface area contributed by atoms with E-state index in [1.165, 1.54) is 6.07 Å². The molecule has 4 rings (SSSR count). The summed E-state index contributed by atoms with van der Waals surface area (Å²) in [6, 6.07) is 3.69. The van der Waals surface area contributed by atoms with Crippen molar-refractivity contribution in [3.05, 3.63) is 12.1 Å². The second-order valence-corrected chi connectivity index (χ2v) is 9.29. The minimum atomic E-state index is -0.588. The molecule has 2 fully saturated rings. The lowest BCUT2D eigenvalue weighted by Gasteiger charge is -2.43. The maximum Gasteiger partial charge on any atom is 0.410 e. The van der Waals surface area contributed by atoms with Crippen LogP contribution in [0.2, 0.25) is 0 Å². The van der Waals surface area contributed by atoms with Gasteiger partial charge in [-0.25, -0.2) is 4.79 Å². The molecule has 2 aromatic rings. The normalized spacial score (nSPS) is 19.2. The Hall–Kier alpha value is -2.81. The van der Waals surface area contributed by atoms with Gasteiger partial charge in [0.15, 0.2) is 11.3 Å². The first kappa shape index (κ1) is 21.4.